The van der Waals surface area contributed by atoms with E-state index in [-0.39, 0.29) is 16.2 Å². The van der Waals surface area contributed by atoms with Crippen molar-refractivity contribution >= 4 is 22.4 Å². The van der Waals surface area contributed by atoms with Gasteiger partial charge in [-0.25, -0.2) is 4.98 Å². The number of rotatable bonds is 3. The summed E-state index contributed by atoms with van der Waals surface area (Å²) in [6, 6.07) is 4.23. The Morgan fingerprint density at radius 1 is 1.32 bits per heavy atom. The lowest BCUT2D eigenvalue weighted by Gasteiger charge is -2.04. The van der Waals surface area contributed by atoms with Gasteiger partial charge in [-0.1, -0.05) is 24.7 Å². The summed E-state index contributed by atoms with van der Waals surface area (Å²) < 4.78 is 1.41. The molecule has 0 spiro atoms. The number of fused-ring (bicyclic) bond motifs is 1. The molecule has 3 aromatic rings. The van der Waals surface area contributed by atoms with E-state index < -0.39 is 0 Å². The number of aromatic nitrogens is 3. The van der Waals surface area contributed by atoms with Crippen LogP contribution in [-0.4, -0.2) is 25.0 Å². The molecule has 0 atom stereocenters. The molecule has 2 N–H and O–H groups in total. The van der Waals surface area contributed by atoms with E-state index in [4.69, 9.17) is 0 Å². The van der Waals surface area contributed by atoms with Crippen molar-refractivity contribution < 1.29 is 10.2 Å². The normalized spacial score (nSPS) is 11.2. The largest absolute Gasteiger partial charge is 0.508 e. The maximum atomic E-state index is 12.4. The summed E-state index contributed by atoms with van der Waals surface area (Å²) in [5, 5.41) is 24.1. The molecule has 0 aliphatic heterocycles. The van der Waals surface area contributed by atoms with Gasteiger partial charge in [-0.2, -0.15) is 5.10 Å². The molecule has 0 radical (unpaired) electrons. The summed E-state index contributed by atoms with van der Waals surface area (Å²) in [6.07, 6.45) is 1.64. The standard InChI is InChI=1S/C15H15N3O3S/c1-3-4-10-12-13(18(2)17-10)15(21)22-14(16-12)9-6-5-8(19)7-11(9)20/h5-7,19-20H,3-4H2,1-2H3. The van der Waals surface area contributed by atoms with E-state index >= 15 is 0 Å². The van der Waals surface area contributed by atoms with Gasteiger partial charge in [-0.15, -0.1) is 0 Å². The van der Waals surface area contributed by atoms with Gasteiger partial charge in [0.15, 0.2) is 0 Å². The highest BCUT2D eigenvalue weighted by molar-refractivity contribution is 7.13. The fraction of sp³-hybridized carbons (Fsp3) is 0.267. The van der Waals surface area contributed by atoms with Crippen LogP contribution in [0.5, 0.6) is 11.5 Å². The van der Waals surface area contributed by atoms with Crippen LogP contribution < -0.4 is 4.74 Å². The van der Waals surface area contributed by atoms with E-state index in [0.29, 0.717) is 21.6 Å². The number of phenols is 2. The Morgan fingerprint density at radius 2 is 2.09 bits per heavy atom. The molecule has 2 aromatic heterocycles. The number of aromatic hydroxyl groups is 2. The second kappa shape index (κ2) is 5.42. The van der Waals surface area contributed by atoms with Crippen LogP contribution in [0.1, 0.15) is 19.0 Å². The number of hydrogen-bond donors (Lipinski definition) is 2. The van der Waals surface area contributed by atoms with Gasteiger partial charge < -0.3 is 10.2 Å². The summed E-state index contributed by atoms with van der Waals surface area (Å²) in [5.41, 5.74) is 2.27. The van der Waals surface area contributed by atoms with Crippen LogP contribution in [-0.2, 0) is 13.5 Å². The van der Waals surface area contributed by atoms with Crippen molar-refractivity contribution in [2.75, 3.05) is 0 Å². The second-order valence-corrected chi connectivity index (χ2v) is 5.99. The molecule has 0 aliphatic carbocycles. The Kier molecular flexibility index (Phi) is 3.58. The summed E-state index contributed by atoms with van der Waals surface area (Å²) >= 11 is 0.956. The number of nitrogens with zero attached hydrogens (tertiary/aromatic N) is 3. The molecule has 0 aliphatic rings. The minimum atomic E-state index is -0.148. The average Bonchev–Trinajstić information content (AvgIpc) is 2.76. The molecular formula is C15H15N3O3S. The summed E-state index contributed by atoms with van der Waals surface area (Å²) in [6.45, 7) is 2.04. The van der Waals surface area contributed by atoms with Crippen molar-refractivity contribution in [3.63, 3.8) is 0 Å². The number of benzene rings is 1. The fourth-order valence-corrected chi connectivity index (χ4v) is 3.32. The Bertz CT molecular complexity index is 914. The van der Waals surface area contributed by atoms with Crippen molar-refractivity contribution in [2.24, 2.45) is 7.05 Å². The lowest BCUT2D eigenvalue weighted by Crippen LogP contribution is -2.03. The molecule has 6 nitrogen and oxygen atoms in total. The molecule has 0 amide bonds. The van der Waals surface area contributed by atoms with E-state index in [1.807, 2.05) is 6.92 Å². The molecule has 7 heteroatoms. The van der Waals surface area contributed by atoms with Crippen LogP contribution in [0.2, 0.25) is 0 Å². The topological polar surface area (TPSA) is 88.2 Å². The molecule has 0 saturated carbocycles. The van der Waals surface area contributed by atoms with Crippen LogP contribution in [0.25, 0.3) is 21.6 Å². The van der Waals surface area contributed by atoms with Gasteiger partial charge in [0.05, 0.1) is 11.3 Å². The van der Waals surface area contributed by atoms with E-state index in [0.717, 1.165) is 29.9 Å². The van der Waals surface area contributed by atoms with Crippen LogP contribution in [0.4, 0.5) is 0 Å². The lowest BCUT2D eigenvalue weighted by molar-refractivity contribution is 0.452. The van der Waals surface area contributed by atoms with Crippen LogP contribution in [0.15, 0.2) is 23.0 Å². The highest BCUT2D eigenvalue weighted by atomic mass is 32.1. The maximum Gasteiger partial charge on any atom is 0.261 e. The second-order valence-electron chi connectivity index (χ2n) is 5.03. The van der Waals surface area contributed by atoms with Crippen molar-refractivity contribution in [2.45, 2.75) is 19.8 Å². The lowest BCUT2D eigenvalue weighted by atomic mass is 10.2. The highest BCUT2D eigenvalue weighted by Gasteiger charge is 2.17. The van der Waals surface area contributed by atoms with E-state index in [1.54, 1.807) is 17.8 Å². The van der Waals surface area contributed by atoms with Crippen molar-refractivity contribution in [1.82, 2.24) is 14.8 Å². The monoisotopic (exact) mass is 317 g/mol. The first-order valence-electron chi connectivity index (χ1n) is 6.90. The molecule has 3 rings (SSSR count). The molecule has 1 aromatic carbocycles. The van der Waals surface area contributed by atoms with Gasteiger partial charge in [0, 0.05) is 13.1 Å². The minimum absolute atomic E-state index is 0.0391. The third-order valence-corrected chi connectivity index (χ3v) is 4.27. The Hall–Kier alpha value is -2.41. The average molecular weight is 317 g/mol. The first-order valence-corrected chi connectivity index (χ1v) is 7.72. The van der Waals surface area contributed by atoms with Crippen molar-refractivity contribution in [3.05, 3.63) is 33.4 Å². The van der Waals surface area contributed by atoms with Crippen molar-refractivity contribution in [1.29, 1.82) is 0 Å². The quantitative estimate of drug-likeness (QED) is 0.774. The third-order valence-electron chi connectivity index (χ3n) is 3.39. The molecular weight excluding hydrogens is 302 g/mol. The van der Waals surface area contributed by atoms with Gasteiger partial charge in [-0.3, -0.25) is 9.48 Å². The van der Waals surface area contributed by atoms with Gasteiger partial charge >= 0.3 is 0 Å². The predicted octanol–water partition coefficient (Wildman–Crippen LogP) is 2.42. The first-order chi connectivity index (χ1) is 10.5. The Labute approximate surface area is 130 Å². The van der Waals surface area contributed by atoms with Gasteiger partial charge in [0.2, 0.25) is 0 Å². The van der Waals surface area contributed by atoms with Gasteiger partial charge in [-0.05, 0) is 18.6 Å². The first kappa shape index (κ1) is 14.5. The van der Waals surface area contributed by atoms with Crippen LogP contribution in [0.3, 0.4) is 0 Å². The summed E-state index contributed by atoms with van der Waals surface area (Å²) in [5.74, 6) is -0.147. The Balaban J connectivity index is 2.28. The van der Waals surface area contributed by atoms with Gasteiger partial charge in [0.25, 0.3) is 4.74 Å². The van der Waals surface area contributed by atoms with E-state index in [1.165, 1.54) is 12.1 Å². The number of aryl methyl sites for hydroxylation is 2. The molecule has 0 fully saturated rings. The zero-order chi connectivity index (χ0) is 15.9. The van der Waals surface area contributed by atoms with E-state index in [9.17, 15) is 15.0 Å². The third kappa shape index (κ3) is 2.33. The maximum absolute atomic E-state index is 12.4. The minimum Gasteiger partial charge on any atom is -0.508 e. The smallest absolute Gasteiger partial charge is 0.261 e. The van der Waals surface area contributed by atoms with Crippen LogP contribution >= 0.6 is 11.3 Å². The molecule has 0 bridgehead atoms. The summed E-state index contributed by atoms with van der Waals surface area (Å²) in [7, 11) is 1.73. The number of phenolic OH excluding ortho intramolecular Hbond substituents is 2. The SMILES string of the molecule is CCCc1nn(C)c2c(=O)sc(-c3ccc(O)cc3O)nc12. The highest BCUT2D eigenvalue weighted by Crippen LogP contribution is 2.33. The zero-order valence-corrected chi connectivity index (χ0v) is 13.0. The molecule has 0 saturated heterocycles. The van der Waals surface area contributed by atoms with Gasteiger partial charge in [0.1, 0.15) is 27.5 Å². The molecule has 2 heterocycles. The van der Waals surface area contributed by atoms with Crippen molar-refractivity contribution in [3.8, 4) is 22.1 Å². The fourth-order valence-electron chi connectivity index (χ4n) is 2.40. The molecule has 0 unspecified atom stereocenters. The number of hydrogen-bond acceptors (Lipinski definition) is 6. The zero-order valence-electron chi connectivity index (χ0n) is 12.2. The van der Waals surface area contributed by atoms with Crippen LogP contribution in [0, 0.1) is 0 Å². The summed E-state index contributed by atoms with van der Waals surface area (Å²) in [4.78, 5) is 16.9. The molecule has 22 heavy (non-hydrogen) atoms. The van der Waals surface area contributed by atoms with E-state index in [2.05, 4.69) is 10.1 Å². The Morgan fingerprint density at radius 3 is 2.77 bits per heavy atom. The predicted molar refractivity (Wildman–Crippen MR) is 85.4 cm³/mol. The molecule has 114 valence electrons.